The van der Waals surface area contributed by atoms with Crippen LogP contribution < -0.4 is 10.1 Å². The maximum atomic E-state index is 14.3. The number of amides is 1. The minimum atomic E-state index is -1.11. The van der Waals surface area contributed by atoms with E-state index in [0.717, 1.165) is 28.1 Å². The number of ether oxygens (including phenoxy) is 1. The van der Waals surface area contributed by atoms with Crippen LogP contribution in [0.5, 0.6) is 5.75 Å². The van der Waals surface area contributed by atoms with Crippen molar-refractivity contribution in [2.45, 2.75) is 25.6 Å². The van der Waals surface area contributed by atoms with Crippen molar-refractivity contribution in [2.75, 3.05) is 7.11 Å². The van der Waals surface area contributed by atoms with Crippen molar-refractivity contribution in [1.29, 1.82) is 0 Å². The molecule has 0 bridgehead atoms. The number of benzene rings is 2. The van der Waals surface area contributed by atoms with Crippen LogP contribution in [0.3, 0.4) is 0 Å². The van der Waals surface area contributed by atoms with E-state index in [1.54, 1.807) is 19.5 Å². The van der Waals surface area contributed by atoms with Crippen LogP contribution in [0.2, 0.25) is 0 Å². The molecule has 29 heavy (non-hydrogen) atoms. The molecule has 1 aliphatic rings. The maximum absolute atomic E-state index is 14.3. The third-order valence-electron chi connectivity index (χ3n) is 5.09. The van der Waals surface area contributed by atoms with Gasteiger partial charge in [-0.15, -0.1) is 0 Å². The smallest absolute Gasteiger partial charge is 0.244 e. The van der Waals surface area contributed by atoms with Crippen LogP contribution in [0.15, 0.2) is 61.1 Å². The molecule has 0 spiro atoms. The van der Waals surface area contributed by atoms with Gasteiger partial charge in [-0.05, 0) is 41.8 Å². The van der Waals surface area contributed by atoms with Crippen molar-refractivity contribution < 1.29 is 13.9 Å². The molecule has 3 aromatic rings. The summed E-state index contributed by atoms with van der Waals surface area (Å²) in [4.78, 5) is 16.6. The maximum Gasteiger partial charge on any atom is 0.244 e. The Hall–Kier alpha value is -3.41. The quantitative estimate of drug-likeness (QED) is 0.670. The summed E-state index contributed by atoms with van der Waals surface area (Å²) in [6.45, 7) is 1.92. The predicted molar refractivity (Wildman–Crippen MR) is 110 cm³/mol. The molecule has 2 aromatic carbocycles. The molecule has 1 N–H and O–H groups in total. The number of nitrogens with one attached hydrogen (secondary N) is 1. The molecule has 0 fully saturated rings. The van der Waals surface area contributed by atoms with Gasteiger partial charge in [-0.3, -0.25) is 4.79 Å². The van der Waals surface area contributed by atoms with Crippen LogP contribution in [0, 0.1) is 6.92 Å². The Balaban J connectivity index is 1.48. The first-order valence-electron chi connectivity index (χ1n) is 9.44. The average Bonchev–Trinajstić information content (AvgIpc) is 3.29. The predicted octanol–water partition coefficient (Wildman–Crippen LogP) is 3.95. The number of imidazole rings is 1. The Kier molecular flexibility index (Phi) is 5.16. The van der Waals surface area contributed by atoms with Gasteiger partial charge < -0.3 is 14.6 Å². The first-order chi connectivity index (χ1) is 14.0. The second-order valence-corrected chi connectivity index (χ2v) is 7.09. The van der Waals surface area contributed by atoms with Crippen LogP contribution >= 0.6 is 0 Å². The first-order valence-corrected chi connectivity index (χ1v) is 9.44. The molecule has 1 aromatic heterocycles. The minimum Gasteiger partial charge on any atom is -0.495 e. The number of carbonyl (C=O) groups is 1. The molecule has 0 radical (unpaired) electrons. The topological polar surface area (TPSA) is 56.1 Å². The van der Waals surface area contributed by atoms with Crippen molar-refractivity contribution in [2.24, 2.45) is 0 Å². The van der Waals surface area contributed by atoms with Gasteiger partial charge in [0.05, 0.1) is 30.9 Å². The van der Waals surface area contributed by atoms with E-state index in [4.69, 9.17) is 4.74 Å². The van der Waals surface area contributed by atoms with Crippen LogP contribution in [0.4, 0.5) is 4.39 Å². The number of hydrogen-bond acceptors (Lipinski definition) is 3. The lowest BCUT2D eigenvalue weighted by Crippen LogP contribution is -2.30. The highest BCUT2D eigenvalue weighted by atomic mass is 19.1. The standard InChI is InChI=1S/C23H22FN3O2/c1-15-13-27(14-25-15)20-9-7-16(11-21(20)29-2)8-10-22(28)26-23-18-6-4-3-5-17(18)12-19(23)24/h3-11,13-14,19,23H,12H2,1-2H3,(H,26,28)/t19-,23+/m0/s1. The van der Waals surface area contributed by atoms with E-state index in [1.165, 1.54) is 6.08 Å². The number of nitrogens with zero attached hydrogens (tertiary/aromatic N) is 2. The van der Waals surface area contributed by atoms with E-state index >= 15 is 0 Å². The number of alkyl halides is 1. The second kappa shape index (κ2) is 7.91. The number of carbonyl (C=O) groups excluding carboxylic acids is 1. The number of fused-ring (bicyclic) bond motifs is 1. The summed E-state index contributed by atoms with van der Waals surface area (Å²) in [5, 5.41) is 2.78. The Labute approximate surface area is 168 Å². The number of aryl methyl sites for hydroxylation is 1. The van der Waals surface area contributed by atoms with Crippen molar-refractivity contribution in [3.8, 4) is 11.4 Å². The normalized spacial score (nSPS) is 18.0. The molecule has 0 saturated carbocycles. The molecule has 0 aliphatic heterocycles. The third kappa shape index (κ3) is 3.92. The second-order valence-electron chi connectivity index (χ2n) is 7.09. The molecule has 1 aliphatic carbocycles. The van der Waals surface area contributed by atoms with Crippen LogP contribution in [-0.4, -0.2) is 28.7 Å². The summed E-state index contributed by atoms with van der Waals surface area (Å²) >= 11 is 0. The highest BCUT2D eigenvalue weighted by Crippen LogP contribution is 2.33. The van der Waals surface area contributed by atoms with E-state index in [2.05, 4.69) is 10.3 Å². The minimum absolute atomic E-state index is 0.331. The lowest BCUT2D eigenvalue weighted by Gasteiger charge is -2.15. The van der Waals surface area contributed by atoms with Crippen molar-refractivity contribution in [1.82, 2.24) is 14.9 Å². The summed E-state index contributed by atoms with van der Waals surface area (Å²) in [6.07, 6.45) is 5.97. The number of aromatic nitrogens is 2. The highest BCUT2D eigenvalue weighted by Gasteiger charge is 2.32. The van der Waals surface area contributed by atoms with Gasteiger partial charge in [0, 0.05) is 18.7 Å². The Morgan fingerprint density at radius 2 is 2.14 bits per heavy atom. The third-order valence-corrected chi connectivity index (χ3v) is 5.09. The monoisotopic (exact) mass is 391 g/mol. The molecule has 0 unspecified atom stereocenters. The molecule has 1 heterocycles. The van der Waals surface area contributed by atoms with Gasteiger partial charge in [0.2, 0.25) is 5.91 Å². The van der Waals surface area contributed by atoms with Crippen LogP contribution in [0.1, 0.15) is 28.4 Å². The molecule has 5 nitrogen and oxygen atoms in total. The number of halogens is 1. The summed E-state index contributed by atoms with van der Waals surface area (Å²) < 4.78 is 21.7. The Morgan fingerprint density at radius 3 is 2.90 bits per heavy atom. The number of methoxy groups -OCH3 is 1. The number of rotatable bonds is 5. The van der Waals surface area contributed by atoms with Gasteiger partial charge >= 0.3 is 0 Å². The van der Waals surface area contributed by atoms with Crippen LogP contribution in [-0.2, 0) is 11.2 Å². The molecule has 6 heteroatoms. The van der Waals surface area contributed by atoms with Gasteiger partial charge in [0.15, 0.2) is 0 Å². The van der Waals surface area contributed by atoms with Crippen LogP contribution in [0.25, 0.3) is 11.8 Å². The fraction of sp³-hybridized carbons (Fsp3) is 0.217. The molecule has 0 saturated heterocycles. The average molecular weight is 391 g/mol. The molecule has 4 rings (SSSR count). The summed E-state index contributed by atoms with van der Waals surface area (Å²) in [5.74, 6) is 0.334. The van der Waals surface area contributed by atoms with Crippen molar-refractivity contribution in [3.05, 3.63) is 83.4 Å². The molecule has 2 atom stereocenters. The summed E-state index contributed by atoms with van der Waals surface area (Å²) in [7, 11) is 1.60. The van der Waals surface area contributed by atoms with Crippen molar-refractivity contribution >= 4 is 12.0 Å². The number of hydrogen-bond donors (Lipinski definition) is 1. The SMILES string of the molecule is COc1cc(C=CC(=O)N[C@@H]2c3ccccc3C[C@@H]2F)ccc1-n1cnc(C)c1. The highest BCUT2D eigenvalue weighted by molar-refractivity contribution is 5.92. The van der Waals surface area contributed by atoms with Gasteiger partial charge in [0.1, 0.15) is 11.9 Å². The largest absolute Gasteiger partial charge is 0.495 e. The zero-order valence-corrected chi connectivity index (χ0v) is 16.3. The zero-order chi connectivity index (χ0) is 20.4. The molecular weight excluding hydrogens is 369 g/mol. The van der Waals surface area contributed by atoms with E-state index in [-0.39, 0.29) is 5.91 Å². The molecular formula is C23H22FN3O2. The van der Waals surface area contributed by atoms with E-state index in [9.17, 15) is 9.18 Å². The van der Waals surface area contributed by atoms with Gasteiger partial charge in [0.25, 0.3) is 0 Å². The molecule has 148 valence electrons. The fourth-order valence-electron chi connectivity index (χ4n) is 3.65. The lowest BCUT2D eigenvalue weighted by atomic mass is 10.1. The van der Waals surface area contributed by atoms with Gasteiger partial charge in [-0.1, -0.05) is 30.3 Å². The van der Waals surface area contributed by atoms with E-state index in [0.29, 0.717) is 12.2 Å². The van der Waals surface area contributed by atoms with Crippen molar-refractivity contribution in [3.63, 3.8) is 0 Å². The lowest BCUT2D eigenvalue weighted by molar-refractivity contribution is -0.117. The van der Waals surface area contributed by atoms with E-state index < -0.39 is 12.2 Å². The Morgan fingerprint density at radius 1 is 1.31 bits per heavy atom. The summed E-state index contributed by atoms with van der Waals surface area (Å²) in [6, 6.07) is 12.5. The zero-order valence-electron chi connectivity index (χ0n) is 16.3. The van der Waals surface area contributed by atoms with Gasteiger partial charge in [-0.2, -0.15) is 0 Å². The molecule has 1 amide bonds. The fourth-order valence-corrected chi connectivity index (χ4v) is 3.65. The Bertz CT molecular complexity index is 1070. The first kappa shape index (κ1) is 18.9. The van der Waals surface area contributed by atoms with Gasteiger partial charge in [-0.25, -0.2) is 9.37 Å². The van der Waals surface area contributed by atoms with E-state index in [1.807, 2.05) is 60.2 Å². The summed E-state index contributed by atoms with van der Waals surface area (Å²) in [5.41, 5.74) is 4.37.